The second kappa shape index (κ2) is 3.73. The van der Waals surface area contributed by atoms with E-state index in [1.165, 1.54) is 5.56 Å². The Bertz CT molecular complexity index is 831. The van der Waals surface area contributed by atoms with E-state index < -0.39 is 0 Å². The third-order valence-electron chi connectivity index (χ3n) is 3.47. The largest absolute Gasteiger partial charge is 0.310 e. The van der Waals surface area contributed by atoms with Gasteiger partial charge in [0.1, 0.15) is 5.52 Å². The molecule has 0 N–H and O–H groups in total. The summed E-state index contributed by atoms with van der Waals surface area (Å²) in [5, 5.41) is 0. The van der Waals surface area contributed by atoms with Crippen LogP contribution in [0.4, 0.5) is 0 Å². The van der Waals surface area contributed by atoms with Gasteiger partial charge in [0.05, 0.1) is 11.0 Å². The number of rotatable bonds is 0. The van der Waals surface area contributed by atoms with Gasteiger partial charge >= 0.3 is 0 Å². The Labute approximate surface area is 112 Å². The van der Waals surface area contributed by atoms with Crippen LogP contribution < -0.4 is 5.56 Å². The van der Waals surface area contributed by atoms with E-state index in [4.69, 9.17) is 0 Å². The van der Waals surface area contributed by atoms with Crippen LogP contribution in [0.15, 0.2) is 41.3 Å². The molecule has 0 amide bonds. The lowest BCUT2D eigenvalue weighted by molar-refractivity contribution is 0.399. The second-order valence-corrected chi connectivity index (χ2v) is 6.07. The van der Waals surface area contributed by atoms with Crippen molar-refractivity contribution in [1.82, 2.24) is 8.97 Å². The van der Waals surface area contributed by atoms with Crippen LogP contribution in [0, 0.1) is 6.92 Å². The fourth-order valence-electron chi connectivity index (χ4n) is 2.67. The maximum absolute atomic E-state index is 12.7. The molecule has 0 bridgehead atoms. The number of nitrogens with zero attached hydrogens (tertiary/aromatic N) is 2. The van der Waals surface area contributed by atoms with E-state index in [1.807, 2.05) is 33.4 Å². The van der Waals surface area contributed by atoms with Crippen LogP contribution in [0.2, 0.25) is 0 Å². The highest BCUT2D eigenvalue weighted by Crippen LogP contribution is 2.22. The summed E-state index contributed by atoms with van der Waals surface area (Å²) >= 11 is 0. The summed E-state index contributed by atoms with van der Waals surface area (Å²) in [4.78, 5) is 12.7. The van der Waals surface area contributed by atoms with Crippen molar-refractivity contribution < 1.29 is 0 Å². The molecule has 2 heterocycles. The first-order chi connectivity index (χ1) is 8.89. The minimum atomic E-state index is -0.239. The molecule has 0 spiro atoms. The highest BCUT2D eigenvalue weighted by molar-refractivity contribution is 5.80. The summed E-state index contributed by atoms with van der Waals surface area (Å²) in [7, 11) is 0. The van der Waals surface area contributed by atoms with Gasteiger partial charge in [-0.2, -0.15) is 0 Å². The fourth-order valence-corrected chi connectivity index (χ4v) is 2.67. The van der Waals surface area contributed by atoms with Crippen LogP contribution in [0.1, 0.15) is 26.3 Å². The van der Waals surface area contributed by atoms with Crippen LogP contribution in [0.5, 0.6) is 0 Å². The van der Waals surface area contributed by atoms with Gasteiger partial charge in [0.15, 0.2) is 0 Å². The molecular weight excluding hydrogens is 236 g/mol. The summed E-state index contributed by atoms with van der Waals surface area (Å²) in [5.74, 6) is 0. The summed E-state index contributed by atoms with van der Waals surface area (Å²) in [6.07, 6.45) is 1.95. The summed E-state index contributed by atoms with van der Waals surface area (Å²) in [6, 6.07) is 10.0. The average molecular weight is 254 g/mol. The minimum absolute atomic E-state index is 0.0638. The molecule has 3 nitrogen and oxygen atoms in total. The molecule has 0 atom stereocenters. The van der Waals surface area contributed by atoms with Crippen molar-refractivity contribution in [2.24, 2.45) is 0 Å². The van der Waals surface area contributed by atoms with Crippen molar-refractivity contribution >= 4 is 16.6 Å². The van der Waals surface area contributed by atoms with E-state index in [9.17, 15) is 4.79 Å². The SMILES string of the molecule is Cc1ccc2c(c1)n1cccc1c(=O)n2C(C)(C)C. The normalized spacial score (nSPS) is 12.4. The predicted molar refractivity (Wildman–Crippen MR) is 78.9 cm³/mol. The monoisotopic (exact) mass is 254 g/mol. The summed E-state index contributed by atoms with van der Waals surface area (Å²) in [5.41, 5.74) is 3.81. The number of aryl methyl sites for hydroxylation is 1. The molecule has 1 aromatic carbocycles. The molecule has 2 aromatic heterocycles. The van der Waals surface area contributed by atoms with Crippen molar-refractivity contribution in [2.45, 2.75) is 33.2 Å². The number of benzene rings is 1. The van der Waals surface area contributed by atoms with Gasteiger partial charge in [-0.3, -0.25) is 9.36 Å². The predicted octanol–water partition coefficient (Wildman–Crippen LogP) is 3.32. The standard InChI is InChI=1S/C16H18N2O/c1-11-7-8-12-14(10-11)17-9-5-6-13(17)15(19)18(12)16(2,3)4/h5-10H,1-4H3. The van der Waals surface area contributed by atoms with E-state index in [-0.39, 0.29) is 11.1 Å². The first-order valence-corrected chi connectivity index (χ1v) is 6.52. The Hall–Kier alpha value is -2.03. The maximum Gasteiger partial charge on any atom is 0.275 e. The van der Waals surface area contributed by atoms with Crippen molar-refractivity contribution in [3.63, 3.8) is 0 Å². The van der Waals surface area contributed by atoms with Gasteiger partial charge < -0.3 is 4.40 Å². The molecule has 0 fully saturated rings. The molecule has 0 saturated heterocycles. The topological polar surface area (TPSA) is 26.4 Å². The summed E-state index contributed by atoms with van der Waals surface area (Å²) < 4.78 is 3.87. The average Bonchev–Trinajstić information content (AvgIpc) is 2.78. The Morgan fingerprint density at radius 3 is 2.42 bits per heavy atom. The Kier molecular flexibility index (Phi) is 2.36. The van der Waals surface area contributed by atoms with Crippen molar-refractivity contribution in [3.8, 4) is 0 Å². The number of aromatic nitrogens is 2. The molecule has 3 aromatic rings. The number of fused-ring (bicyclic) bond motifs is 3. The molecule has 0 saturated carbocycles. The zero-order valence-electron chi connectivity index (χ0n) is 11.8. The van der Waals surface area contributed by atoms with E-state index >= 15 is 0 Å². The molecule has 98 valence electrons. The van der Waals surface area contributed by atoms with E-state index in [1.54, 1.807) is 0 Å². The zero-order valence-corrected chi connectivity index (χ0v) is 11.8. The molecule has 3 rings (SSSR count). The molecular formula is C16H18N2O. The number of hydrogen-bond donors (Lipinski definition) is 0. The Morgan fingerprint density at radius 1 is 1.00 bits per heavy atom. The minimum Gasteiger partial charge on any atom is -0.310 e. The molecule has 0 unspecified atom stereocenters. The molecule has 19 heavy (non-hydrogen) atoms. The van der Waals surface area contributed by atoms with Crippen molar-refractivity contribution in [1.29, 1.82) is 0 Å². The van der Waals surface area contributed by atoms with Gasteiger partial charge in [-0.05, 0) is 57.5 Å². The van der Waals surface area contributed by atoms with Gasteiger partial charge in [-0.25, -0.2) is 0 Å². The first kappa shape index (κ1) is 12.0. The summed E-state index contributed by atoms with van der Waals surface area (Å²) in [6.45, 7) is 8.26. The maximum atomic E-state index is 12.7. The first-order valence-electron chi connectivity index (χ1n) is 6.52. The van der Waals surface area contributed by atoms with Crippen molar-refractivity contribution in [2.75, 3.05) is 0 Å². The molecule has 0 aliphatic heterocycles. The lowest BCUT2D eigenvalue weighted by atomic mass is 10.1. The lowest BCUT2D eigenvalue weighted by Gasteiger charge is -2.25. The van der Waals surface area contributed by atoms with E-state index in [2.05, 4.69) is 39.8 Å². The lowest BCUT2D eigenvalue weighted by Crippen LogP contribution is -2.35. The quantitative estimate of drug-likeness (QED) is 0.604. The molecule has 0 radical (unpaired) electrons. The van der Waals surface area contributed by atoms with Gasteiger partial charge in [-0.1, -0.05) is 6.07 Å². The van der Waals surface area contributed by atoms with Crippen molar-refractivity contribution in [3.05, 3.63) is 52.4 Å². The third kappa shape index (κ3) is 1.69. The van der Waals surface area contributed by atoms with Crippen LogP contribution in [-0.2, 0) is 5.54 Å². The fraction of sp³-hybridized carbons (Fsp3) is 0.312. The Balaban J connectivity index is 2.66. The van der Waals surface area contributed by atoms with E-state index in [0.29, 0.717) is 0 Å². The molecule has 0 aliphatic carbocycles. The second-order valence-electron chi connectivity index (χ2n) is 6.07. The third-order valence-corrected chi connectivity index (χ3v) is 3.47. The van der Waals surface area contributed by atoms with Crippen LogP contribution in [0.3, 0.4) is 0 Å². The highest BCUT2D eigenvalue weighted by atomic mass is 16.1. The zero-order chi connectivity index (χ0) is 13.8. The van der Waals surface area contributed by atoms with Gasteiger partial charge in [0.25, 0.3) is 5.56 Å². The van der Waals surface area contributed by atoms with Crippen LogP contribution in [0.25, 0.3) is 16.6 Å². The van der Waals surface area contributed by atoms with Gasteiger partial charge in [0.2, 0.25) is 0 Å². The molecule has 3 heteroatoms. The van der Waals surface area contributed by atoms with Gasteiger partial charge in [-0.15, -0.1) is 0 Å². The molecule has 0 aliphatic rings. The highest BCUT2D eigenvalue weighted by Gasteiger charge is 2.20. The van der Waals surface area contributed by atoms with Crippen LogP contribution in [-0.4, -0.2) is 8.97 Å². The Morgan fingerprint density at radius 2 is 1.74 bits per heavy atom. The van der Waals surface area contributed by atoms with E-state index in [0.717, 1.165) is 16.6 Å². The van der Waals surface area contributed by atoms with Gasteiger partial charge in [0, 0.05) is 11.7 Å². The smallest absolute Gasteiger partial charge is 0.275 e. The van der Waals surface area contributed by atoms with Crippen LogP contribution >= 0.6 is 0 Å². The number of hydrogen-bond acceptors (Lipinski definition) is 1.